The first-order chi connectivity index (χ1) is 10.1. The highest BCUT2D eigenvalue weighted by Crippen LogP contribution is 2.33. The molecule has 1 rings (SSSR count). The summed E-state index contributed by atoms with van der Waals surface area (Å²) in [7, 11) is -1.74. The summed E-state index contributed by atoms with van der Waals surface area (Å²) in [5, 5.41) is 9.21. The quantitative estimate of drug-likeness (QED) is 0.718. The van der Waals surface area contributed by atoms with Crippen molar-refractivity contribution in [3.63, 3.8) is 0 Å². The van der Waals surface area contributed by atoms with Crippen LogP contribution in [0.25, 0.3) is 0 Å². The molecular weight excluding hydrogens is 383 g/mol. The molecule has 2 N–H and O–H groups in total. The molecule has 1 aromatic carbocycles. The molecule has 0 fully saturated rings. The topological polar surface area (TPSA) is 49.3 Å². The van der Waals surface area contributed by atoms with Crippen molar-refractivity contribution in [2.45, 2.75) is 37.5 Å². The molecule has 0 heterocycles. The standard InChI is InChI=1S/C14H19BrF3NO2S/c1-13(2,3)22(21)19-14(8-16,4-5-20)10-6-9(15)7-11(17)12(10)18/h6-7,19-20H,4-5,8H2,1-3H3. The fourth-order valence-corrected chi connectivity index (χ4v) is 3.19. The number of halogens is 4. The van der Waals surface area contributed by atoms with Gasteiger partial charge in [0.05, 0.1) is 21.3 Å². The van der Waals surface area contributed by atoms with Crippen molar-refractivity contribution >= 4 is 26.9 Å². The molecule has 0 aliphatic rings. The summed E-state index contributed by atoms with van der Waals surface area (Å²) in [6.07, 6.45) is -0.252. The van der Waals surface area contributed by atoms with E-state index in [-0.39, 0.29) is 16.5 Å². The minimum Gasteiger partial charge on any atom is -0.396 e. The summed E-state index contributed by atoms with van der Waals surface area (Å²) >= 11 is 3.03. The van der Waals surface area contributed by atoms with Crippen LogP contribution in [0.3, 0.4) is 0 Å². The van der Waals surface area contributed by atoms with Gasteiger partial charge < -0.3 is 5.11 Å². The van der Waals surface area contributed by atoms with Crippen LogP contribution < -0.4 is 4.72 Å². The van der Waals surface area contributed by atoms with Crippen molar-refractivity contribution in [3.8, 4) is 0 Å². The van der Waals surface area contributed by atoms with E-state index in [1.165, 1.54) is 6.07 Å². The zero-order valence-corrected chi connectivity index (χ0v) is 15.0. The molecule has 126 valence electrons. The second kappa shape index (κ2) is 7.42. The molecule has 8 heteroatoms. The lowest BCUT2D eigenvalue weighted by atomic mass is 9.88. The average molecular weight is 402 g/mol. The zero-order valence-electron chi connectivity index (χ0n) is 12.6. The van der Waals surface area contributed by atoms with Crippen molar-refractivity contribution in [1.82, 2.24) is 4.72 Å². The van der Waals surface area contributed by atoms with Crippen LogP contribution in [0.2, 0.25) is 0 Å². The Hall–Kier alpha value is -0.440. The summed E-state index contributed by atoms with van der Waals surface area (Å²) in [4.78, 5) is 0. The maximum Gasteiger partial charge on any atom is 0.164 e. The van der Waals surface area contributed by atoms with Crippen molar-refractivity contribution in [2.75, 3.05) is 13.3 Å². The van der Waals surface area contributed by atoms with Crippen LogP contribution in [-0.4, -0.2) is 27.3 Å². The third-order valence-corrected chi connectivity index (χ3v) is 5.27. The molecule has 0 saturated carbocycles. The van der Waals surface area contributed by atoms with E-state index in [1.807, 2.05) is 0 Å². The van der Waals surface area contributed by atoms with Gasteiger partial charge in [-0.25, -0.2) is 22.1 Å². The molecule has 22 heavy (non-hydrogen) atoms. The molecule has 1 aromatic rings. The highest BCUT2D eigenvalue weighted by Gasteiger charge is 2.39. The molecule has 0 aliphatic heterocycles. The summed E-state index contributed by atoms with van der Waals surface area (Å²) in [6, 6.07) is 2.14. The van der Waals surface area contributed by atoms with E-state index < -0.39 is 46.2 Å². The number of aliphatic hydroxyl groups is 1. The number of aliphatic hydroxyl groups excluding tert-OH is 1. The van der Waals surface area contributed by atoms with Gasteiger partial charge in [-0.05, 0) is 39.3 Å². The van der Waals surface area contributed by atoms with Crippen LogP contribution >= 0.6 is 15.9 Å². The number of hydrogen-bond acceptors (Lipinski definition) is 2. The molecule has 0 saturated heterocycles. The summed E-state index contributed by atoms with van der Waals surface area (Å²) in [5.74, 6) is -2.38. The van der Waals surface area contributed by atoms with E-state index in [2.05, 4.69) is 20.7 Å². The van der Waals surface area contributed by atoms with Gasteiger partial charge in [0, 0.05) is 16.6 Å². The Morgan fingerprint density at radius 3 is 2.36 bits per heavy atom. The van der Waals surface area contributed by atoms with Crippen molar-refractivity contribution < 1.29 is 22.5 Å². The maximum atomic E-state index is 14.2. The molecule has 2 unspecified atom stereocenters. The minimum absolute atomic E-state index is 0.223. The van der Waals surface area contributed by atoms with Gasteiger partial charge in [-0.1, -0.05) is 15.9 Å². The number of nitrogens with one attached hydrogen (secondary N) is 1. The lowest BCUT2D eigenvalue weighted by molar-refractivity contribution is 0.192. The van der Waals surface area contributed by atoms with Crippen LogP contribution in [0.15, 0.2) is 16.6 Å². The van der Waals surface area contributed by atoms with E-state index in [0.29, 0.717) is 0 Å². The van der Waals surface area contributed by atoms with Crippen LogP contribution in [0.4, 0.5) is 13.2 Å². The van der Waals surface area contributed by atoms with E-state index in [4.69, 9.17) is 0 Å². The monoisotopic (exact) mass is 401 g/mol. The van der Waals surface area contributed by atoms with Gasteiger partial charge in [-0.2, -0.15) is 0 Å². The van der Waals surface area contributed by atoms with Crippen molar-refractivity contribution in [3.05, 3.63) is 33.8 Å². The van der Waals surface area contributed by atoms with E-state index in [1.54, 1.807) is 20.8 Å². The Labute approximate surface area is 139 Å². The van der Waals surface area contributed by atoms with Crippen LogP contribution in [-0.2, 0) is 16.5 Å². The SMILES string of the molecule is CC(C)(C)S(=O)NC(CF)(CCO)c1cc(Br)cc(F)c1F. The van der Waals surface area contributed by atoms with Gasteiger partial charge in [0.2, 0.25) is 0 Å². The third kappa shape index (κ3) is 4.31. The van der Waals surface area contributed by atoms with Crippen molar-refractivity contribution in [1.29, 1.82) is 0 Å². The van der Waals surface area contributed by atoms with Gasteiger partial charge in [0.1, 0.15) is 6.67 Å². The first kappa shape index (κ1) is 19.6. The Morgan fingerprint density at radius 1 is 1.32 bits per heavy atom. The Kier molecular flexibility index (Phi) is 6.61. The Balaban J connectivity index is 3.43. The summed E-state index contributed by atoms with van der Waals surface area (Å²) in [5.41, 5.74) is -2.09. The lowest BCUT2D eigenvalue weighted by Gasteiger charge is -2.34. The Bertz CT molecular complexity index is 566. The number of alkyl halides is 1. The second-order valence-electron chi connectivity index (χ2n) is 5.92. The molecule has 2 atom stereocenters. The minimum atomic E-state index is -1.78. The zero-order chi connectivity index (χ0) is 17.1. The molecule has 0 radical (unpaired) electrons. The maximum absolute atomic E-state index is 14.2. The highest BCUT2D eigenvalue weighted by atomic mass is 79.9. The lowest BCUT2D eigenvalue weighted by Crippen LogP contribution is -2.50. The predicted molar refractivity (Wildman–Crippen MR) is 84.4 cm³/mol. The van der Waals surface area contributed by atoms with E-state index in [0.717, 1.165) is 6.07 Å². The predicted octanol–water partition coefficient (Wildman–Crippen LogP) is 3.33. The number of hydrogen-bond donors (Lipinski definition) is 2. The second-order valence-corrected chi connectivity index (χ2v) is 8.80. The molecule has 0 amide bonds. The normalized spacial score (nSPS) is 16.4. The summed E-state index contributed by atoms with van der Waals surface area (Å²) < 4.78 is 55.9. The van der Waals surface area contributed by atoms with Crippen LogP contribution in [0, 0.1) is 11.6 Å². The Morgan fingerprint density at radius 2 is 1.91 bits per heavy atom. The smallest absolute Gasteiger partial charge is 0.164 e. The molecule has 0 spiro atoms. The van der Waals surface area contributed by atoms with Gasteiger partial charge in [-0.3, -0.25) is 0 Å². The fourth-order valence-electron chi connectivity index (χ4n) is 1.83. The van der Waals surface area contributed by atoms with E-state index in [9.17, 15) is 22.5 Å². The van der Waals surface area contributed by atoms with Crippen LogP contribution in [0.5, 0.6) is 0 Å². The number of benzene rings is 1. The molecule has 3 nitrogen and oxygen atoms in total. The fraction of sp³-hybridized carbons (Fsp3) is 0.571. The average Bonchev–Trinajstić information content (AvgIpc) is 2.41. The molecule has 0 aliphatic carbocycles. The van der Waals surface area contributed by atoms with Gasteiger partial charge >= 0.3 is 0 Å². The van der Waals surface area contributed by atoms with Crippen molar-refractivity contribution in [2.24, 2.45) is 0 Å². The largest absolute Gasteiger partial charge is 0.396 e. The van der Waals surface area contributed by atoms with E-state index >= 15 is 0 Å². The van der Waals surface area contributed by atoms with Gasteiger partial charge in [-0.15, -0.1) is 0 Å². The molecule has 0 bridgehead atoms. The van der Waals surface area contributed by atoms with Crippen LogP contribution in [0.1, 0.15) is 32.8 Å². The number of rotatable bonds is 6. The molecule has 0 aromatic heterocycles. The first-order valence-corrected chi connectivity index (χ1v) is 8.53. The van der Waals surface area contributed by atoms with Gasteiger partial charge in [0.15, 0.2) is 11.6 Å². The third-order valence-electron chi connectivity index (χ3n) is 3.12. The highest BCUT2D eigenvalue weighted by molar-refractivity contribution is 9.10. The first-order valence-electron chi connectivity index (χ1n) is 6.59. The summed E-state index contributed by atoms with van der Waals surface area (Å²) in [6.45, 7) is 3.36. The van der Waals surface area contributed by atoms with Gasteiger partial charge in [0.25, 0.3) is 0 Å². The molecular formula is C14H19BrF3NO2S.